The molecule has 0 saturated heterocycles. The molecule has 2 unspecified atom stereocenters. The van der Waals surface area contributed by atoms with Crippen molar-refractivity contribution in [3.8, 4) is 0 Å². The van der Waals surface area contributed by atoms with E-state index in [9.17, 15) is 8.78 Å². The number of nitrogens with one attached hydrogen (secondary N) is 1. The predicted octanol–water partition coefficient (Wildman–Crippen LogP) is 2.18. The highest BCUT2D eigenvalue weighted by Gasteiger charge is 2.14. The average molecular weight is 228 g/mol. The molecule has 0 aliphatic heterocycles. The molecule has 1 rings (SSSR count). The number of halogens is 2. The Morgan fingerprint density at radius 3 is 2.38 bits per heavy atom. The van der Waals surface area contributed by atoms with E-state index in [1.165, 1.54) is 0 Å². The monoisotopic (exact) mass is 228 g/mol. The lowest BCUT2D eigenvalue weighted by atomic mass is 9.95. The Morgan fingerprint density at radius 1 is 1.19 bits per heavy atom. The SMILES string of the molecule is CC(CNCC(F)F)C(N)c1ccccc1. The molecule has 0 aliphatic rings. The Morgan fingerprint density at radius 2 is 1.81 bits per heavy atom. The van der Waals surface area contributed by atoms with Gasteiger partial charge in [0.25, 0.3) is 6.43 Å². The number of benzene rings is 1. The zero-order valence-electron chi connectivity index (χ0n) is 9.37. The van der Waals surface area contributed by atoms with Gasteiger partial charge >= 0.3 is 0 Å². The maximum absolute atomic E-state index is 11.9. The van der Waals surface area contributed by atoms with Crippen molar-refractivity contribution in [3.63, 3.8) is 0 Å². The lowest BCUT2D eigenvalue weighted by Gasteiger charge is -2.20. The topological polar surface area (TPSA) is 38.0 Å². The maximum Gasteiger partial charge on any atom is 0.250 e. The zero-order chi connectivity index (χ0) is 12.0. The Labute approximate surface area is 94.8 Å². The minimum atomic E-state index is -2.31. The summed E-state index contributed by atoms with van der Waals surface area (Å²) in [5.41, 5.74) is 7.06. The Balaban J connectivity index is 2.39. The van der Waals surface area contributed by atoms with Crippen LogP contribution in [0.15, 0.2) is 30.3 Å². The Bertz CT molecular complexity index is 290. The van der Waals surface area contributed by atoms with Crippen LogP contribution >= 0.6 is 0 Å². The Kier molecular flexibility index (Phi) is 5.35. The molecule has 2 nitrogen and oxygen atoms in total. The fourth-order valence-electron chi connectivity index (χ4n) is 1.55. The highest BCUT2D eigenvalue weighted by Crippen LogP contribution is 2.18. The van der Waals surface area contributed by atoms with Gasteiger partial charge in [0.2, 0.25) is 0 Å². The molecule has 0 fully saturated rings. The normalized spacial score (nSPS) is 15.1. The van der Waals surface area contributed by atoms with Crippen molar-refractivity contribution in [2.45, 2.75) is 19.4 Å². The van der Waals surface area contributed by atoms with Crippen molar-refractivity contribution in [2.24, 2.45) is 11.7 Å². The average Bonchev–Trinajstić information content (AvgIpc) is 2.28. The van der Waals surface area contributed by atoms with Crippen molar-refractivity contribution < 1.29 is 8.78 Å². The highest BCUT2D eigenvalue weighted by atomic mass is 19.3. The van der Waals surface area contributed by atoms with Crippen molar-refractivity contribution in [2.75, 3.05) is 13.1 Å². The van der Waals surface area contributed by atoms with Gasteiger partial charge in [-0.15, -0.1) is 0 Å². The van der Waals surface area contributed by atoms with Crippen LogP contribution in [0.2, 0.25) is 0 Å². The second-order valence-corrected chi connectivity index (χ2v) is 3.96. The van der Waals surface area contributed by atoms with Gasteiger partial charge in [0, 0.05) is 6.04 Å². The standard InChI is InChI=1S/C12H18F2N2/c1-9(7-16-8-11(13)14)12(15)10-5-3-2-4-6-10/h2-6,9,11-12,16H,7-8,15H2,1H3. The van der Waals surface area contributed by atoms with E-state index in [1.54, 1.807) is 0 Å². The molecule has 0 bridgehead atoms. The summed E-state index contributed by atoms with van der Waals surface area (Å²) < 4.78 is 23.8. The van der Waals surface area contributed by atoms with E-state index in [0.29, 0.717) is 6.54 Å². The number of hydrogen-bond acceptors (Lipinski definition) is 2. The third kappa shape index (κ3) is 4.24. The van der Waals surface area contributed by atoms with Crippen LogP contribution in [0.3, 0.4) is 0 Å². The third-order valence-corrected chi connectivity index (χ3v) is 2.56. The molecule has 0 amide bonds. The lowest BCUT2D eigenvalue weighted by molar-refractivity contribution is 0.144. The van der Waals surface area contributed by atoms with Gasteiger partial charge in [0.1, 0.15) is 0 Å². The highest BCUT2D eigenvalue weighted by molar-refractivity contribution is 5.19. The molecular formula is C12H18F2N2. The van der Waals surface area contributed by atoms with E-state index in [-0.39, 0.29) is 18.5 Å². The summed E-state index contributed by atoms with van der Waals surface area (Å²) in [5, 5.41) is 2.71. The van der Waals surface area contributed by atoms with E-state index in [2.05, 4.69) is 5.32 Å². The largest absolute Gasteiger partial charge is 0.324 e. The zero-order valence-corrected chi connectivity index (χ0v) is 9.37. The molecule has 90 valence electrons. The molecule has 4 heteroatoms. The van der Waals surface area contributed by atoms with Crippen LogP contribution in [-0.2, 0) is 0 Å². The number of nitrogens with two attached hydrogens (primary N) is 1. The second-order valence-electron chi connectivity index (χ2n) is 3.96. The number of alkyl halides is 2. The minimum absolute atomic E-state index is 0.119. The van der Waals surface area contributed by atoms with Gasteiger partial charge in [0.15, 0.2) is 0 Å². The van der Waals surface area contributed by atoms with E-state index in [4.69, 9.17) is 5.73 Å². The third-order valence-electron chi connectivity index (χ3n) is 2.56. The van der Waals surface area contributed by atoms with Gasteiger partial charge in [0.05, 0.1) is 6.54 Å². The van der Waals surface area contributed by atoms with Crippen molar-refractivity contribution in [1.82, 2.24) is 5.32 Å². The van der Waals surface area contributed by atoms with Crippen LogP contribution in [0.4, 0.5) is 8.78 Å². The number of hydrogen-bond donors (Lipinski definition) is 2. The summed E-state index contributed by atoms with van der Waals surface area (Å²) in [6.45, 7) is 2.18. The van der Waals surface area contributed by atoms with Crippen LogP contribution < -0.4 is 11.1 Å². The van der Waals surface area contributed by atoms with Crippen LogP contribution in [-0.4, -0.2) is 19.5 Å². The molecule has 2 atom stereocenters. The summed E-state index contributed by atoms with van der Waals surface area (Å²) in [7, 11) is 0. The van der Waals surface area contributed by atoms with Gasteiger partial charge in [-0.2, -0.15) is 0 Å². The smallest absolute Gasteiger partial charge is 0.250 e. The van der Waals surface area contributed by atoms with Crippen molar-refractivity contribution in [1.29, 1.82) is 0 Å². The van der Waals surface area contributed by atoms with Crippen LogP contribution in [0.5, 0.6) is 0 Å². The van der Waals surface area contributed by atoms with Crippen molar-refractivity contribution in [3.05, 3.63) is 35.9 Å². The molecule has 16 heavy (non-hydrogen) atoms. The summed E-state index contributed by atoms with van der Waals surface area (Å²) in [6.07, 6.45) is -2.31. The molecule has 0 aliphatic carbocycles. The van der Waals surface area contributed by atoms with Gasteiger partial charge in [-0.1, -0.05) is 37.3 Å². The molecule has 0 saturated carbocycles. The van der Waals surface area contributed by atoms with Crippen LogP contribution in [0.1, 0.15) is 18.5 Å². The van der Waals surface area contributed by atoms with Gasteiger partial charge in [-0.25, -0.2) is 8.78 Å². The first kappa shape index (κ1) is 13.1. The van der Waals surface area contributed by atoms with Gasteiger partial charge in [-0.05, 0) is 18.0 Å². The molecule has 1 aromatic rings. The molecule has 0 radical (unpaired) electrons. The fourth-order valence-corrected chi connectivity index (χ4v) is 1.55. The molecular weight excluding hydrogens is 210 g/mol. The van der Waals surface area contributed by atoms with E-state index in [0.717, 1.165) is 5.56 Å². The summed E-state index contributed by atoms with van der Waals surface area (Å²) in [4.78, 5) is 0. The molecule has 0 heterocycles. The summed E-state index contributed by atoms with van der Waals surface area (Å²) in [5.74, 6) is 0.126. The second kappa shape index (κ2) is 6.55. The number of rotatable bonds is 6. The first-order chi connectivity index (χ1) is 7.61. The van der Waals surface area contributed by atoms with Crippen LogP contribution in [0, 0.1) is 5.92 Å². The lowest BCUT2D eigenvalue weighted by Crippen LogP contribution is -2.32. The molecule has 0 spiro atoms. The molecule has 1 aromatic carbocycles. The summed E-state index contributed by atoms with van der Waals surface area (Å²) >= 11 is 0. The quantitative estimate of drug-likeness (QED) is 0.783. The predicted molar refractivity (Wildman–Crippen MR) is 61.4 cm³/mol. The van der Waals surface area contributed by atoms with E-state index in [1.807, 2.05) is 37.3 Å². The van der Waals surface area contributed by atoms with E-state index < -0.39 is 6.43 Å². The van der Waals surface area contributed by atoms with Gasteiger partial charge < -0.3 is 11.1 Å². The molecule has 0 aromatic heterocycles. The first-order valence-electron chi connectivity index (χ1n) is 5.40. The minimum Gasteiger partial charge on any atom is -0.324 e. The first-order valence-corrected chi connectivity index (χ1v) is 5.40. The Hall–Kier alpha value is -1.00. The van der Waals surface area contributed by atoms with E-state index >= 15 is 0 Å². The summed E-state index contributed by atoms with van der Waals surface area (Å²) in [6, 6.07) is 9.56. The fraction of sp³-hybridized carbons (Fsp3) is 0.500. The maximum atomic E-state index is 11.9. The molecule has 3 N–H and O–H groups in total. The van der Waals surface area contributed by atoms with Crippen LogP contribution in [0.25, 0.3) is 0 Å². The van der Waals surface area contributed by atoms with Crippen molar-refractivity contribution >= 4 is 0 Å². The van der Waals surface area contributed by atoms with Gasteiger partial charge in [-0.3, -0.25) is 0 Å².